The number of hydrogen-bond donors (Lipinski definition) is 2. The van der Waals surface area contributed by atoms with Crippen molar-refractivity contribution in [1.29, 1.82) is 0 Å². The molecular weight excluding hydrogens is 462 g/mol. The Labute approximate surface area is 215 Å². The highest BCUT2D eigenvalue weighted by Crippen LogP contribution is 2.28. The summed E-state index contributed by atoms with van der Waals surface area (Å²) in [7, 11) is 1.24. The second kappa shape index (κ2) is 13.8. The lowest BCUT2D eigenvalue weighted by Gasteiger charge is -2.36. The van der Waals surface area contributed by atoms with Crippen LogP contribution in [0, 0.1) is 19.8 Å². The first kappa shape index (κ1) is 30.9. The minimum atomic E-state index is -1.00. The summed E-state index contributed by atoms with van der Waals surface area (Å²) in [4.78, 5) is 53.3. The van der Waals surface area contributed by atoms with E-state index in [0.717, 1.165) is 17.5 Å². The molecule has 1 rings (SSSR count). The number of benzene rings is 1. The highest BCUT2D eigenvalue weighted by molar-refractivity contribution is 5.93. The first-order chi connectivity index (χ1) is 16.7. The fourth-order valence-electron chi connectivity index (χ4n) is 3.67. The summed E-state index contributed by atoms with van der Waals surface area (Å²) < 4.78 is 10.0. The zero-order chi connectivity index (χ0) is 27.6. The van der Waals surface area contributed by atoms with Gasteiger partial charge in [0.05, 0.1) is 7.11 Å². The molecule has 1 aromatic carbocycles. The Kier molecular flexibility index (Phi) is 11.9. The van der Waals surface area contributed by atoms with E-state index < -0.39 is 41.6 Å². The van der Waals surface area contributed by atoms with Crippen LogP contribution in [0.1, 0.15) is 77.1 Å². The number of esters is 1. The molecule has 202 valence electrons. The molecule has 0 fully saturated rings. The van der Waals surface area contributed by atoms with Crippen molar-refractivity contribution in [3.05, 3.63) is 34.9 Å². The second-order valence-corrected chi connectivity index (χ2v) is 10.2. The summed E-state index contributed by atoms with van der Waals surface area (Å²) in [5.41, 5.74) is 1.76. The number of ether oxygens (including phenoxy) is 2. The van der Waals surface area contributed by atoms with Crippen molar-refractivity contribution in [2.45, 2.75) is 85.9 Å². The van der Waals surface area contributed by atoms with E-state index in [9.17, 15) is 19.2 Å². The van der Waals surface area contributed by atoms with Crippen LogP contribution in [-0.2, 0) is 23.9 Å². The summed E-state index contributed by atoms with van der Waals surface area (Å²) in [5.74, 6) is -1.77. The van der Waals surface area contributed by atoms with Gasteiger partial charge in [0.2, 0.25) is 11.8 Å². The van der Waals surface area contributed by atoms with Gasteiger partial charge in [0, 0.05) is 6.54 Å². The maximum atomic E-state index is 14.0. The Hall–Kier alpha value is -3.10. The third kappa shape index (κ3) is 9.17. The van der Waals surface area contributed by atoms with E-state index in [1.807, 2.05) is 52.8 Å². The molecule has 3 amide bonds. The average molecular weight is 506 g/mol. The van der Waals surface area contributed by atoms with E-state index in [4.69, 9.17) is 4.74 Å². The number of aryl methyl sites for hydroxylation is 1. The molecule has 0 heterocycles. The standard InChI is InChI=1S/C27H43N3O6/c1-10-11-15-30(25(33)22(17(2)3)29-26(34)36-27(6,7)8)23(24(32)28-16-21(31)35-9)20-14-12-13-18(4)19(20)5/h12-14,17,22-23H,10-11,15-16H2,1-9H3,(H,28,32)(H,29,34). The van der Waals surface area contributed by atoms with Crippen molar-refractivity contribution in [3.8, 4) is 0 Å². The van der Waals surface area contributed by atoms with Crippen LogP contribution >= 0.6 is 0 Å². The van der Waals surface area contributed by atoms with Crippen molar-refractivity contribution in [1.82, 2.24) is 15.5 Å². The Morgan fingerprint density at radius 3 is 2.25 bits per heavy atom. The van der Waals surface area contributed by atoms with E-state index in [2.05, 4.69) is 15.4 Å². The van der Waals surface area contributed by atoms with Crippen molar-refractivity contribution < 1.29 is 28.7 Å². The third-order valence-electron chi connectivity index (χ3n) is 5.78. The Bertz CT molecular complexity index is 923. The molecule has 2 atom stereocenters. The monoisotopic (exact) mass is 505 g/mol. The summed E-state index contributed by atoms with van der Waals surface area (Å²) >= 11 is 0. The van der Waals surface area contributed by atoms with Gasteiger partial charge in [-0.25, -0.2) is 4.79 Å². The zero-order valence-electron chi connectivity index (χ0n) is 23.2. The van der Waals surface area contributed by atoms with Gasteiger partial charge >= 0.3 is 12.1 Å². The van der Waals surface area contributed by atoms with Crippen molar-refractivity contribution >= 4 is 23.9 Å². The number of carbonyl (C=O) groups is 4. The normalized spacial score (nSPS) is 12.9. The maximum absolute atomic E-state index is 14.0. The molecule has 0 aromatic heterocycles. The van der Waals surface area contributed by atoms with Crippen LogP contribution < -0.4 is 10.6 Å². The SMILES string of the molecule is CCCCN(C(=O)C(NC(=O)OC(C)(C)C)C(C)C)C(C(=O)NCC(=O)OC)c1cccc(C)c1C. The molecule has 0 spiro atoms. The van der Waals surface area contributed by atoms with E-state index in [0.29, 0.717) is 12.0 Å². The molecule has 0 radical (unpaired) electrons. The predicted octanol–water partition coefficient (Wildman–Crippen LogP) is 3.81. The molecule has 2 N–H and O–H groups in total. The molecular formula is C27H43N3O6. The average Bonchev–Trinajstić information content (AvgIpc) is 2.78. The number of unbranched alkanes of at least 4 members (excludes halogenated alkanes) is 1. The molecule has 0 aliphatic rings. The number of nitrogens with zero attached hydrogens (tertiary/aromatic N) is 1. The number of hydrogen-bond acceptors (Lipinski definition) is 6. The minimum Gasteiger partial charge on any atom is -0.468 e. The van der Waals surface area contributed by atoms with Crippen LogP contribution in [0.5, 0.6) is 0 Å². The molecule has 9 heteroatoms. The number of amides is 3. The second-order valence-electron chi connectivity index (χ2n) is 10.2. The van der Waals surface area contributed by atoms with Crippen LogP contribution in [0.25, 0.3) is 0 Å². The third-order valence-corrected chi connectivity index (χ3v) is 5.78. The van der Waals surface area contributed by atoms with Gasteiger partial charge in [-0.3, -0.25) is 14.4 Å². The van der Waals surface area contributed by atoms with Crippen molar-refractivity contribution in [2.75, 3.05) is 20.2 Å². The smallest absolute Gasteiger partial charge is 0.408 e. The summed E-state index contributed by atoms with van der Waals surface area (Å²) in [6.07, 6.45) is 0.733. The zero-order valence-corrected chi connectivity index (χ0v) is 23.2. The molecule has 1 aromatic rings. The molecule has 0 aliphatic carbocycles. The number of alkyl carbamates (subject to hydrolysis) is 1. The number of carbonyl (C=O) groups excluding carboxylic acids is 4. The Balaban J connectivity index is 3.52. The van der Waals surface area contributed by atoms with Gasteiger partial charge in [0.15, 0.2) is 0 Å². The lowest BCUT2D eigenvalue weighted by atomic mass is 9.93. The van der Waals surface area contributed by atoms with Gasteiger partial charge in [0.1, 0.15) is 24.2 Å². The van der Waals surface area contributed by atoms with Crippen LogP contribution in [0.3, 0.4) is 0 Å². The van der Waals surface area contributed by atoms with Crippen molar-refractivity contribution in [3.63, 3.8) is 0 Å². The van der Waals surface area contributed by atoms with Gasteiger partial charge in [-0.2, -0.15) is 0 Å². The van der Waals surface area contributed by atoms with Gasteiger partial charge in [0.25, 0.3) is 0 Å². The number of rotatable bonds is 11. The van der Waals surface area contributed by atoms with Gasteiger partial charge in [-0.1, -0.05) is 45.4 Å². The molecule has 9 nitrogen and oxygen atoms in total. The van der Waals surface area contributed by atoms with E-state index >= 15 is 0 Å². The van der Waals surface area contributed by atoms with Gasteiger partial charge in [-0.15, -0.1) is 0 Å². The molecule has 36 heavy (non-hydrogen) atoms. The fraction of sp³-hybridized carbons (Fsp3) is 0.630. The van der Waals surface area contributed by atoms with Gasteiger partial charge < -0.3 is 25.0 Å². The topological polar surface area (TPSA) is 114 Å². The summed E-state index contributed by atoms with van der Waals surface area (Å²) in [5, 5.41) is 5.31. The molecule has 0 bridgehead atoms. The summed E-state index contributed by atoms with van der Waals surface area (Å²) in [6.45, 7) is 14.7. The molecule has 0 aliphatic heterocycles. The Morgan fingerprint density at radius 1 is 1.08 bits per heavy atom. The first-order valence-electron chi connectivity index (χ1n) is 12.4. The molecule has 2 unspecified atom stereocenters. The Morgan fingerprint density at radius 2 is 1.72 bits per heavy atom. The lowest BCUT2D eigenvalue weighted by molar-refractivity contribution is -0.145. The highest BCUT2D eigenvalue weighted by atomic mass is 16.6. The van der Waals surface area contributed by atoms with Gasteiger partial charge in [-0.05, 0) is 63.6 Å². The fourth-order valence-corrected chi connectivity index (χ4v) is 3.67. The number of nitrogens with one attached hydrogen (secondary N) is 2. The van der Waals surface area contributed by atoms with Crippen LogP contribution in [-0.4, -0.2) is 60.6 Å². The van der Waals surface area contributed by atoms with Crippen LogP contribution in [0.15, 0.2) is 18.2 Å². The van der Waals surface area contributed by atoms with Crippen LogP contribution in [0.2, 0.25) is 0 Å². The first-order valence-corrected chi connectivity index (χ1v) is 12.4. The minimum absolute atomic E-state index is 0.272. The predicted molar refractivity (Wildman–Crippen MR) is 138 cm³/mol. The molecule has 0 saturated heterocycles. The largest absolute Gasteiger partial charge is 0.468 e. The maximum Gasteiger partial charge on any atom is 0.408 e. The van der Waals surface area contributed by atoms with E-state index in [1.165, 1.54) is 12.0 Å². The molecule has 0 saturated carbocycles. The lowest BCUT2D eigenvalue weighted by Crippen LogP contribution is -2.55. The van der Waals surface area contributed by atoms with Crippen LogP contribution in [0.4, 0.5) is 4.79 Å². The summed E-state index contributed by atoms with van der Waals surface area (Å²) in [6, 6.07) is 3.65. The quantitative estimate of drug-likeness (QED) is 0.442. The number of methoxy groups -OCH3 is 1. The van der Waals surface area contributed by atoms with Crippen molar-refractivity contribution in [2.24, 2.45) is 5.92 Å². The highest BCUT2D eigenvalue weighted by Gasteiger charge is 2.38. The van der Waals surface area contributed by atoms with E-state index in [-0.39, 0.29) is 19.0 Å². The van der Waals surface area contributed by atoms with E-state index in [1.54, 1.807) is 20.8 Å².